The molecule has 0 amide bonds. The monoisotopic (exact) mass is 242 g/mol. The van der Waals surface area contributed by atoms with Crippen molar-refractivity contribution in [3.63, 3.8) is 0 Å². The summed E-state index contributed by atoms with van der Waals surface area (Å²) in [6, 6.07) is 0. The van der Waals surface area contributed by atoms with Crippen molar-refractivity contribution in [2.45, 2.75) is 7.43 Å². The zero-order chi connectivity index (χ0) is 7.86. The Morgan fingerprint density at radius 3 is 1.42 bits per heavy atom. The first-order valence-corrected chi connectivity index (χ1v) is 2.71. The number of hydrogen-bond acceptors (Lipinski definition) is 2. The minimum absolute atomic E-state index is 0. The van der Waals surface area contributed by atoms with Crippen LogP contribution in [0.4, 0.5) is 0 Å². The molecule has 8 heteroatoms. The molecule has 0 heterocycles. The molecule has 0 saturated heterocycles. The van der Waals surface area contributed by atoms with E-state index >= 15 is 0 Å². The van der Waals surface area contributed by atoms with Gasteiger partial charge in [0.25, 0.3) is 10.3 Å². The summed E-state index contributed by atoms with van der Waals surface area (Å²) in [5, 5.41) is 17.2. The fourth-order valence-corrected chi connectivity index (χ4v) is 0. The maximum atomic E-state index is 7.98. The van der Waals surface area contributed by atoms with Crippen LogP contribution in [0.5, 0.6) is 0 Å². The van der Waals surface area contributed by atoms with Crippen molar-refractivity contribution in [1.82, 2.24) is 5.32 Å². The third kappa shape index (κ3) is 123. The summed E-state index contributed by atoms with van der Waals surface area (Å²) >= 11 is 8.01. The van der Waals surface area contributed by atoms with Crippen LogP contribution in [-0.2, 0) is 0 Å². The topological polar surface area (TPSA) is 110 Å². The van der Waals surface area contributed by atoms with Gasteiger partial charge in [0.15, 0.2) is 0 Å². The van der Waals surface area contributed by atoms with Gasteiger partial charge >= 0.3 is 51.4 Å². The molecule has 0 atom stereocenters. The van der Waals surface area contributed by atoms with Gasteiger partial charge in [-0.05, 0) is 24.4 Å². The maximum absolute atomic E-state index is 7.98. The van der Waals surface area contributed by atoms with Gasteiger partial charge < -0.3 is 26.7 Å². The van der Waals surface area contributed by atoms with E-state index in [2.05, 4.69) is 35.5 Å². The van der Waals surface area contributed by atoms with Crippen LogP contribution in [0.2, 0.25) is 0 Å². The first-order chi connectivity index (χ1) is 4.00. The van der Waals surface area contributed by atoms with Crippen LogP contribution >= 0.6 is 24.4 Å². The summed E-state index contributed by atoms with van der Waals surface area (Å²) in [6.07, 6.45) is 0. The van der Waals surface area contributed by atoms with Crippen LogP contribution in [-0.4, -0.2) is 84.5 Å². The predicted molar refractivity (Wildman–Crippen MR) is 61.2 cm³/mol. The average Bonchev–Trinajstić information content (AvgIpc) is 1.65. The van der Waals surface area contributed by atoms with Crippen molar-refractivity contribution in [1.29, 1.82) is 0 Å². The summed E-state index contributed by atoms with van der Waals surface area (Å²) in [5.74, 6) is 0. The quantitative estimate of drug-likeness (QED) is 0.320. The van der Waals surface area contributed by atoms with Gasteiger partial charge in [0.2, 0.25) is 0 Å². The molecule has 0 aliphatic carbocycles. The minimum atomic E-state index is -0.500. The molecule has 72 valence electrons. The summed E-state index contributed by atoms with van der Waals surface area (Å²) in [4.78, 5) is 0. The third-order valence-electron chi connectivity index (χ3n) is 0.214. The second kappa shape index (κ2) is 22.7. The molecule has 7 N–H and O–H groups in total. The van der Waals surface area contributed by atoms with Gasteiger partial charge in [0.05, 0.1) is 0 Å². The van der Waals surface area contributed by atoms with Gasteiger partial charge in [-0.2, -0.15) is 0 Å². The van der Waals surface area contributed by atoms with Gasteiger partial charge in [-0.15, -0.1) is 0 Å². The second-order valence-corrected chi connectivity index (χ2v) is 1.70. The van der Waals surface area contributed by atoms with E-state index in [4.69, 9.17) is 10.2 Å². The van der Waals surface area contributed by atoms with Crippen molar-refractivity contribution < 1.29 is 15.7 Å². The second-order valence-electron chi connectivity index (χ2n) is 0.893. The SMILES string of the molecule is C.CNC(O)=S.NC(O)=S.O.[KH]. The van der Waals surface area contributed by atoms with E-state index in [1.54, 1.807) is 7.05 Å². The average molecular weight is 242 g/mol. The van der Waals surface area contributed by atoms with Crippen LogP contribution < -0.4 is 11.1 Å². The Morgan fingerprint density at radius 1 is 1.33 bits per heavy atom. The fraction of sp³-hybridized carbons (Fsp3) is 0.500. The first-order valence-electron chi connectivity index (χ1n) is 1.89. The Hall–Kier alpha value is 0.976. The van der Waals surface area contributed by atoms with E-state index in [1.165, 1.54) is 0 Å². The van der Waals surface area contributed by atoms with Crippen LogP contribution in [0.1, 0.15) is 7.43 Å². The van der Waals surface area contributed by atoms with Gasteiger partial charge in [0, 0.05) is 7.05 Å². The number of nitrogens with two attached hydrogens (primary N) is 1. The molecular formula is C4H15KN2O3S2. The van der Waals surface area contributed by atoms with Gasteiger partial charge in [-0.3, -0.25) is 0 Å². The number of thiocarbonyl (C=S) groups is 2. The van der Waals surface area contributed by atoms with Crippen LogP contribution in [0.25, 0.3) is 0 Å². The molecule has 0 aromatic carbocycles. The number of aliphatic hydroxyl groups excluding tert-OH is 2. The van der Waals surface area contributed by atoms with Crippen molar-refractivity contribution in [3.05, 3.63) is 0 Å². The van der Waals surface area contributed by atoms with E-state index in [1.807, 2.05) is 0 Å². The summed E-state index contributed by atoms with van der Waals surface area (Å²) in [5.41, 5.74) is 4.40. The first kappa shape index (κ1) is 29.3. The molecule has 5 nitrogen and oxygen atoms in total. The molecule has 0 spiro atoms. The molecule has 0 fully saturated rings. The zero-order valence-electron chi connectivity index (χ0n) is 5.29. The number of aliphatic hydroxyl groups is 2. The molecule has 0 radical (unpaired) electrons. The fourth-order valence-electron chi connectivity index (χ4n) is 0. The molecule has 0 unspecified atom stereocenters. The molecule has 0 aliphatic rings. The van der Waals surface area contributed by atoms with E-state index in [0.29, 0.717) is 0 Å². The molecule has 0 aromatic heterocycles. The standard InChI is InChI=1S/C2H5NOS.CH3NOS.CH4.K.H2O.H/c1-3-2(4)5;2-1(3)4;;;;/h1H3,(H2,3,4,5);(H3,2,3,4);1H4;;1H2;. The third-order valence-corrected chi connectivity index (χ3v) is 0.418. The van der Waals surface area contributed by atoms with Crippen molar-refractivity contribution in [2.75, 3.05) is 7.05 Å². The zero-order valence-corrected chi connectivity index (χ0v) is 6.92. The normalized spacial score (nSPS) is 4.75. The predicted octanol–water partition coefficient (Wildman–Crippen LogP) is -1.00. The Morgan fingerprint density at radius 2 is 1.42 bits per heavy atom. The van der Waals surface area contributed by atoms with Crippen molar-refractivity contribution in [2.24, 2.45) is 5.73 Å². The molecule has 0 aromatic rings. The molecule has 0 saturated carbocycles. The Kier molecular flexibility index (Phi) is 55.3. The van der Waals surface area contributed by atoms with Crippen LogP contribution in [0.15, 0.2) is 0 Å². The van der Waals surface area contributed by atoms with E-state index < -0.39 is 5.17 Å². The van der Waals surface area contributed by atoms with Gasteiger partial charge in [-0.1, -0.05) is 7.43 Å². The van der Waals surface area contributed by atoms with Crippen molar-refractivity contribution >= 4 is 86.2 Å². The van der Waals surface area contributed by atoms with Gasteiger partial charge in [0.1, 0.15) is 0 Å². The molecule has 0 bridgehead atoms. The van der Waals surface area contributed by atoms with Crippen molar-refractivity contribution in [3.8, 4) is 0 Å². The number of nitrogens with one attached hydrogen (secondary N) is 1. The molecular weight excluding hydrogens is 227 g/mol. The summed E-state index contributed by atoms with van der Waals surface area (Å²) in [6.45, 7) is 0. The number of hydrogen-bond donors (Lipinski definition) is 4. The van der Waals surface area contributed by atoms with Crippen LogP contribution in [0.3, 0.4) is 0 Å². The Labute approximate surface area is 125 Å². The Balaban J connectivity index is -0.0000000221. The molecule has 0 rings (SSSR count). The van der Waals surface area contributed by atoms with Gasteiger partial charge in [-0.25, -0.2) is 0 Å². The summed E-state index contributed by atoms with van der Waals surface area (Å²) in [7, 11) is 1.56. The van der Waals surface area contributed by atoms with E-state index in [0.717, 1.165) is 0 Å². The Bertz CT molecular complexity index is 110. The van der Waals surface area contributed by atoms with E-state index in [-0.39, 0.29) is 69.5 Å². The molecule has 0 aliphatic heterocycles. The summed E-state index contributed by atoms with van der Waals surface area (Å²) < 4.78 is 0. The molecule has 12 heavy (non-hydrogen) atoms. The van der Waals surface area contributed by atoms with E-state index in [9.17, 15) is 0 Å². The van der Waals surface area contributed by atoms with Crippen LogP contribution in [0, 0.1) is 0 Å². The number of rotatable bonds is 0.